The van der Waals surface area contributed by atoms with Crippen LogP contribution in [0.4, 0.5) is 11.4 Å². The highest BCUT2D eigenvalue weighted by molar-refractivity contribution is 5.76. The first-order valence-corrected chi connectivity index (χ1v) is 3.91. The van der Waals surface area contributed by atoms with Crippen LogP contribution < -0.4 is 11.1 Å². The minimum atomic E-state index is -0.902. The largest absolute Gasteiger partial charge is 0.480 e. The summed E-state index contributed by atoms with van der Waals surface area (Å²) in [5.41, 5.74) is 7.89. The van der Waals surface area contributed by atoms with Crippen molar-refractivity contribution in [3.05, 3.63) is 23.8 Å². The lowest BCUT2D eigenvalue weighted by Crippen LogP contribution is -2.13. The third-order valence-electron chi connectivity index (χ3n) is 1.64. The van der Waals surface area contributed by atoms with E-state index in [2.05, 4.69) is 5.32 Å². The summed E-state index contributed by atoms with van der Waals surface area (Å²) >= 11 is 0. The molecular formula is C9H12N2O2. The zero-order valence-corrected chi connectivity index (χ0v) is 7.37. The fourth-order valence-corrected chi connectivity index (χ4v) is 0.994. The number of nitrogens with two attached hydrogens (primary N) is 1. The second kappa shape index (κ2) is 3.80. The highest BCUT2D eigenvalue weighted by atomic mass is 16.4. The summed E-state index contributed by atoms with van der Waals surface area (Å²) in [5, 5.41) is 11.2. The second-order valence-electron chi connectivity index (χ2n) is 2.84. The summed E-state index contributed by atoms with van der Waals surface area (Å²) in [6, 6.07) is 5.44. The Morgan fingerprint density at radius 2 is 2.31 bits per heavy atom. The predicted molar refractivity (Wildman–Crippen MR) is 51.7 cm³/mol. The Morgan fingerprint density at radius 3 is 2.92 bits per heavy atom. The fourth-order valence-electron chi connectivity index (χ4n) is 0.994. The number of aliphatic carboxylic acids is 1. The third-order valence-corrected chi connectivity index (χ3v) is 1.64. The van der Waals surface area contributed by atoms with Crippen molar-refractivity contribution in [3.63, 3.8) is 0 Å². The van der Waals surface area contributed by atoms with Crippen LogP contribution in [0.1, 0.15) is 5.56 Å². The van der Waals surface area contributed by atoms with Gasteiger partial charge in [0.25, 0.3) is 0 Å². The van der Waals surface area contributed by atoms with Crippen LogP contribution >= 0.6 is 0 Å². The highest BCUT2D eigenvalue weighted by Crippen LogP contribution is 2.18. The molecule has 0 spiro atoms. The number of carbonyl (C=O) groups is 1. The number of carboxylic acids is 1. The molecule has 4 N–H and O–H groups in total. The molecule has 1 aromatic carbocycles. The average molecular weight is 180 g/mol. The van der Waals surface area contributed by atoms with Crippen LogP contribution in [0.5, 0.6) is 0 Å². The summed E-state index contributed by atoms with van der Waals surface area (Å²) in [5.74, 6) is -0.902. The number of nitrogens with one attached hydrogen (secondary N) is 1. The van der Waals surface area contributed by atoms with Crippen LogP contribution in [0.3, 0.4) is 0 Å². The van der Waals surface area contributed by atoms with E-state index in [-0.39, 0.29) is 6.54 Å². The van der Waals surface area contributed by atoms with Crippen LogP contribution in [0.15, 0.2) is 18.2 Å². The number of benzene rings is 1. The number of aryl methyl sites for hydroxylation is 1. The number of nitrogen functional groups attached to an aromatic ring is 1. The number of rotatable bonds is 3. The Balaban J connectivity index is 2.75. The first kappa shape index (κ1) is 9.38. The van der Waals surface area contributed by atoms with Gasteiger partial charge in [0.15, 0.2) is 0 Å². The van der Waals surface area contributed by atoms with Gasteiger partial charge in [-0.2, -0.15) is 0 Å². The van der Waals surface area contributed by atoms with Crippen LogP contribution in [0.25, 0.3) is 0 Å². The van der Waals surface area contributed by atoms with Crippen LogP contribution in [0, 0.1) is 6.92 Å². The Kier molecular flexibility index (Phi) is 2.74. The van der Waals surface area contributed by atoms with Crippen LogP contribution in [0.2, 0.25) is 0 Å². The number of carboxylic acid groups (broad SMARTS) is 1. The van der Waals surface area contributed by atoms with Gasteiger partial charge in [0.2, 0.25) is 0 Å². The molecule has 13 heavy (non-hydrogen) atoms. The lowest BCUT2D eigenvalue weighted by atomic mass is 10.2. The van der Waals surface area contributed by atoms with Crippen molar-refractivity contribution in [1.29, 1.82) is 0 Å². The highest BCUT2D eigenvalue weighted by Gasteiger charge is 2.00. The molecule has 0 atom stereocenters. The van der Waals surface area contributed by atoms with E-state index in [0.717, 1.165) is 5.56 Å². The normalized spacial score (nSPS) is 9.62. The van der Waals surface area contributed by atoms with Gasteiger partial charge in [0, 0.05) is 0 Å². The van der Waals surface area contributed by atoms with Crippen molar-refractivity contribution in [2.24, 2.45) is 0 Å². The SMILES string of the molecule is Cc1ccc(N)c(NCC(=O)O)c1. The lowest BCUT2D eigenvalue weighted by molar-refractivity contribution is -0.134. The molecule has 0 bridgehead atoms. The zero-order valence-electron chi connectivity index (χ0n) is 7.37. The molecule has 0 aliphatic carbocycles. The smallest absolute Gasteiger partial charge is 0.322 e. The molecule has 0 aliphatic heterocycles. The van der Waals surface area contributed by atoms with E-state index in [0.29, 0.717) is 11.4 Å². The molecule has 70 valence electrons. The minimum Gasteiger partial charge on any atom is -0.480 e. The monoisotopic (exact) mass is 180 g/mol. The second-order valence-corrected chi connectivity index (χ2v) is 2.84. The summed E-state index contributed by atoms with van der Waals surface area (Å²) in [4.78, 5) is 10.3. The molecule has 0 saturated carbocycles. The van der Waals surface area contributed by atoms with Crippen molar-refractivity contribution in [2.75, 3.05) is 17.6 Å². The van der Waals surface area contributed by atoms with E-state index in [1.807, 2.05) is 19.1 Å². The maximum absolute atomic E-state index is 10.3. The third kappa shape index (κ3) is 2.66. The summed E-state index contributed by atoms with van der Waals surface area (Å²) in [6.45, 7) is 1.80. The van der Waals surface area contributed by atoms with Gasteiger partial charge in [-0.15, -0.1) is 0 Å². The molecular weight excluding hydrogens is 168 g/mol. The van der Waals surface area contributed by atoms with Crippen LogP contribution in [-0.2, 0) is 4.79 Å². The van der Waals surface area contributed by atoms with Crippen molar-refractivity contribution in [1.82, 2.24) is 0 Å². The molecule has 0 amide bonds. The Bertz CT molecular complexity index is 323. The summed E-state index contributed by atoms with van der Waals surface area (Å²) in [6.07, 6.45) is 0. The number of hydrogen-bond acceptors (Lipinski definition) is 3. The fraction of sp³-hybridized carbons (Fsp3) is 0.222. The number of hydrogen-bond donors (Lipinski definition) is 3. The molecule has 0 heterocycles. The molecule has 0 unspecified atom stereocenters. The van der Waals surface area contributed by atoms with Crippen molar-refractivity contribution in [2.45, 2.75) is 6.92 Å². The molecule has 1 aromatic rings. The molecule has 0 radical (unpaired) electrons. The molecule has 0 fully saturated rings. The molecule has 4 heteroatoms. The van der Waals surface area contributed by atoms with Gasteiger partial charge in [0.05, 0.1) is 11.4 Å². The Hall–Kier alpha value is -1.71. The van der Waals surface area contributed by atoms with Gasteiger partial charge in [-0.3, -0.25) is 4.79 Å². The van der Waals surface area contributed by atoms with E-state index in [1.54, 1.807) is 6.07 Å². The van der Waals surface area contributed by atoms with Crippen LogP contribution in [-0.4, -0.2) is 17.6 Å². The van der Waals surface area contributed by atoms with Crippen molar-refractivity contribution >= 4 is 17.3 Å². The first-order chi connectivity index (χ1) is 6.09. The van der Waals surface area contributed by atoms with E-state index >= 15 is 0 Å². The predicted octanol–water partition coefficient (Wildman–Crippen LogP) is 1.07. The van der Waals surface area contributed by atoms with Gasteiger partial charge in [0.1, 0.15) is 6.54 Å². The van der Waals surface area contributed by atoms with Gasteiger partial charge < -0.3 is 16.2 Å². The Morgan fingerprint density at radius 1 is 1.62 bits per heavy atom. The van der Waals surface area contributed by atoms with Crippen molar-refractivity contribution in [3.8, 4) is 0 Å². The van der Waals surface area contributed by atoms with E-state index in [1.165, 1.54) is 0 Å². The van der Waals surface area contributed by atoms with Crippen molar-refractivity contribution < 1.29 is 9.90 Å². The molecule has 0 saturated heterocycles. The maximum Gasteiger partial charge on any atom is 0.322 e. The minimum absolute atomic E-state index is 0.117. The topological polar surface area (TPSA) is 75.3 Å². The lowest BCUT2D eigenvalue weighted by Gasteiger charge is -2.07. The van der Waals surface area contributed by atoms with E-state index in [9.17, 15) is 4.79 Å². The first-order valence-electron chi connectivity index (χ1n) is 3.91. The van der Waals surface area contributed by atoms with Gasteiger partial charge in [-0.05, 0) is 24.6 Å². The molecule has 4 nitrogen and oxygen atoms in total. The molecule has 0 aliphatic rings. The standard InChI is InChI=1S/C9H12N2O2/c1-6-2-3-7(10)8(4-6)11-5-9(12)13/h2-4,11H,5,10H2,1H3,(H,12,13). The number of anilines is 2. The summed E-state index contributed by atoms with van der Waals surface area (Å²) < 4.78 is 0. The van der Waals surface area contributed by atoms with Gasteiger partial charge >= 0.3 is 5.97 Å². The maximum atomic E-state index is 10.3. The molecule has 0 aromatic heterocycles. The van der Waals surface area contributed by atoms with E-state index in [4.69, 9.17) is 10.8 Å². The van der Waals surface area contributed by atoms with E-state index < -0.39 is 5.97 Å². The quantitative estimate of drug-likeness (QED) is 0.608. The average Bonchev–Trinajstić information content (AvgIpc) is 2.06. The zero-order chi connectivity index (χ0) is 9.84. The van der Waals surface area contributed by atoms with Gasteiger partial charge in [-0.25, -0.2) is 0 Å². The summed E-state index contributed by atoms with van der Waals surface area (Å²) in [7, 11) is 0. The Labute approximate surface area is 76.4 Å². The van der Waals surface area contributed by atoms with Gasteiger partial charge in [-0.1, -0.05) is 6.07 Å². The molecule has 1 rings (SSSR count).